The Balaban J connectivity index is 2.15. The summed E-state index contributed by atoms with van der Waals surface area (Å²) in [7, 11) is 0. The summed E-state index contributed by atoms with van der Waals surface area (Å²) in [5.74, 6) is 0.615. The van der Waals surface area contributed by atoms with E-state index in [2.05, 4.69) is 9.97 Å². The largest absolute Gasteiger partial charge is 0.417 e. The first kappa shape index (κ1) is 7.79. The molecule has 0 aliphatic heterocycles. The van der Waals surface area contributed by atoms with Crippen molar-refractivity contribution in [2.24, 2.45) is 0 Å². The lowest BCUT2D eigenvalue weighted by atomic mass is 10.5. The van der Waals surface area contributed by atoms with E-state index < -0.39 is 0 Å². The van der Waals surface area contributed by atoms with Gasteiger partial charge in [-0.1, -0.05) is 0 Å². The molecule has 2 rings (SSSR count). The van der Waals surface area contributed by atoms with Crippen LogP contribution < -0.4 is 4.74 Å². The van der Waals surface area contributed by atoms with Gasteiger partial charge in [0.05, 0.1) is 11.9 Å². The monoisotopic (exact) mass is 176 g/mol. The summed E-state index contributed by atoms with van der Waals surface area (Å²) in [6.45, 7) is 1.83. The maximum absolute atomic E-state index is 5.26. The lowest BCUT2D eigenvalue weighted by Gasteiger charge is -1.97. The van der Waals surface area contributed by atoms with Crippen molar-refractivity contribution < 1.29 is 9.15 Å². The Morgan fingerprint density at radius 3 is 3.00 bits per heavy atom. The molecule has 0 amide bonds. The highest BCUT2D eigenvalue weighted by molar-refractivity contribution is 5.19. The number of pyridine rings is 1. The second-order valence-corrected chi connectivity index (χ2v) is 2.55. The van der Waals surface area contributed by atoms with Gasteiger partial charge in [0.25, 0.3) is 0 Å². The molecule has 0 bridgehead atoms. The Labute approximate surface area is 75.2 Å². The molecule has 0 aliphatic rings. The molecule has 13 heavy (non-hydrogen) atoms. The van der Waals surface area contributed by atoms with Gasteiger partial charge in [-0.25, -0.2) is 0 Å². The van der Waals surface area contributed by atoms with Crippen LogP contribution in [-0.2, 0) is 0 Å². The van der Waals surface area contributed by atoms with Crippen molar-refractivity contribution in [3.05, 3.63) is 36.5 Å². The minimum Gasteiger partial charge on any atom is -0.417 e. The van der Waals surface area contributed by atoms with E-state index in [0.29, 0.717) is 5.75 Å². The van der Waals surface area contributed by atoms with E-state index in [4.69, 9.17) is 9.15 Å². The number of hydrogen-bond donors (Lipinski definition) is 0. The number of hydrogen-bond acceptors (Lipinski definition) is 4. The molecule has 0 spiro atoms. The molecule has 0 atom stereocenters. The van der Waals surface area contributed by atoms with Crippen LogP contribution in [0.2, 0.25) is 0 Å². The number of aryl methyl sites for hydroxylation is 1. The van der Waals surface area contributed by atoms with E-state index >= 15 is 0 Å². The minimum absolute atomic E-state index is 0.241. The van der Waals surface area contributed by atoms with E-state index in [-0.39, 0.29) is 6.08 Å². The normalized spacial score (nSPS) is 9.92. The second-order valence-electron chi connectivity index (χ2n) is 2.55. The Bertz CT molecular complexity index is 384. The number of rotatable bonds is 2. The Morgan fingerprint density at radius 2 is 2.38 bits per heavy atom. The quantitative estimate of drug-likeness (QED) is 0.703. The summed E-state index contributed by atoms with van der Waals surface area (Å²) in [6.07, 6.45) is 5.05. The highest BCUT2D eigenvalue weighted by atomic mass is 16.6. The zero-order valence-electron chi connectivity index (χ0n) is 7.10. The molecule has 4 nitrogen and oxygen atoms in total. The van der Waals surface area contributed by atoms with Gasteiger partial charge in [-0.2, -0.15) is 4.98 Å². The van der Waals surface area contributed by atoms with Gasteiger partial charge in [0.2, 0.25) is 0 Å². The van der Waals surface area contributed by atoms with Crippen LogP contribution in [-0.4, -0.2) is 9.97 Å². The van der Waals surface area contributed by atoms with Crippen LogP contribution >= 0.6 is 0 Å². The molecule has 0 radical (unpaired) electrons. The first-order valence-corrected chi connectivity index (χ1v) is 3.84. The minimum atomic E-state index is 0.241. The Hall–Kier alpha value is -1.84. The van der Waals surface area contributed by atoms with Crippen LogP contribution in [0.3, 0.4) is 0 Å². The maximum atomic E-state index is 5.26. The van der Waals surface area contributed by atoms with E-state index in [0.717, 1.165) is 5.69 Å². The zero-order chi connectivity index (χ0) is 9.10. The summed E-state index contributed by atoms with van der Waals surface area (Å²) in [5, 5.41) is 0. The predicted molar refractivity (Wildman–Crippen MR) is 45.6 cm³/mol. The topological polar surface area (TPSA) is 48.2 Å². The van der Waals surface area contributed by atoms with E-state index in [1.54, 1.807) is 24.5 Å². The maximum Gasteiger partial charge on any atom is 0.399 e. The predicted octanol–water partition coefficient (Wildman–Crippen LogP) is 2.17. The number of aromatic nitrogens is 2. The van der Waals surface area contributed by atoms with Gasteiger partial charge in [0, 0.05) is 6.20 Å². The molecular weight excluding hydrogens is 168 g/mol. The van der Waals surface area contributed by atoms with Crippen LogP contribution in [0.4, 0.5) is 0 Å². The first-order valence-electron chi connectivity index (χ1n) is 3.84. The SMILES string of the molecule is Cc1coc(Oc2cccnc2)n1. The lowest BCUT2D eigenvalue weighted by Crippen LogP contribution is -1.84. The zero-order valence-corrected chi connectivity index (χ0v) is 7.10. The molecule has 2 aromatic rings. The molecular formula is C9H8N2O2. The van der Waals surface area contributed by atoms with Gasteiger partial charge in [0.1, 0.15) is 6.26 Å². The standard InChI is InChI=1S/C9H8N2O2/c1-7-6-12-9(11-7)13-8-3-2-4-10-5-8/h2-6H,1H3. The summed E-state index contributed by atoms with van der Waals surface area (Å²) in [4.78, 5) is 7.88. The van der Waals surface area contributed by atoms with Crippen LogP contribution in [0.5, 0.6) is 11.8 Å². The summed E-state index contributed by atoms with van der Waals surface area (Å²) in [5.41, 5.74) is 0.791. The van der Waals surface area contributed by atoms with E-state index in [1.165, 1.54) is 6.26 Å². The molecule has 0 unspecified atom stereocenters. The fourth-order valence-corrected chi connectivity index (χ4v) is 0.888. The third kappa shape index (κ3) is 1.84. The number of nitrogens with zero attached hydrogens (tertiary/aromatic N) is 2. The second kappa shape index (κ2) is 3.26. The van der Waals surface area contributed by atoms with Gasteiger partial charge >= 0.3 is 6.08 Å². The summed E-state index contributed by atoms with van der Waals surface area (Å²) >= 11 is 0. The van der Waals surface area contributed by atoms with Crippen molar-refractivity contribution in [1.29, 1.82) is 0 Å². The summed E-state index contributed by atoms with van der Waals surface area (Å²) in [6, 6.07) is 3.57. The molecule has 4 heteroatoms. The van der Waals surface area contributed by atoms with Crippen molar-refractivity contribution in [1.82, 2.24) is 9.97 Å². The first-order chi connectivity index (χ1) is 6.34. The highest BCUT2D eigenvalue weighted by Gasteiger charge is 2.02. The molecule has 0 saturated heterocycles. The van der Waals surface area contributed by atoms with E-state index in [9.17, 15) is 0 Å². The van der Waals surface area contributed by atoms with Crippen molar-refractivity contribution >= 4 is 0 Å². The molecule has 2 heterocycles. The molecule has 0 saturated carbocycles. The van der Waals surface area contributed by atoms with Crippen LogP contribution in [0.25, 0.3) is 0 Å². The fraction of sp³-hybridized carbons (Fsp3) is 0.111. The highest BCUT2D eigenvalue weighted by Crippen LogP contribution is 2.18. The smallest absolute Gasteiger partial charge is 0.399 e. The lowest BCUT2D eigenvalue weighted by molar-refractivity contribution is 0.330. The fourth-order valence-electron chi connectivity index (χ4n) is 0.888. The molecule has 0 aliphatic carbocycles. The van der Waals surface area contributed by atoms with Crippen molar-refractivity contribution in [2.45, 2.75) is 6.92 Å². The van der Waals surface area contributed by atoms with Gasteiger partial charge in [-0.05, 0) is 19.1 Å². The Morgan fingerprint density at radius 1 is 1.46 bits per heavy atom. The van der Waals surface area contributed by atoms with E-state index in [1.807, 2.05) is 6.92 Å². The molecule has 66 valence electrons. The number of ether oxygens (including phenoxy) is 1. The third-order valence-corrected chi connectivity index (χ3v) is 1.44. The third-order valence-electron chi connectivity index (χ3n) is 1.44. The van der Waals surface area contributed by atoms with Crippen molar-refractivity contribution in [3.8, 4) is 11.8 Å². The Kier molecular flexibility index (Phi) is 1.96. The average molecular weight is 176 g/mol. The molecule has 0 N–H and O–H groups in total. The van der Waals surface area contributed by atoms with Crippen molar-refractivity contribution in [2.75, 3.05) is 0 Å². The van der Waals surface area contributed by atoms with Gasteiger partial charge in [-0.15, -0.1) is 0 Å². The average Bonchev–Trinajstić information content (AvgIpc) is 2.53. The van der Waals surface area contributed by atoms with Crippen molar-refractivity contribution in [3.63, 3.8) is 0 Å². The van der Waals surface area contributed by atoms with Gasteiger partial charge in [-0.3, -0.25) is 4.98 Å². The molecule has 0 fully saturated rings. The van der Waals surface area contributed by atoms with Gasteiger partial charge in [0.15, 0.2) is 5.75 Å². The summed E-state index contributed by atoms with van der Waals surface area (Å²) < 4.78 is 10.3. The number of oxazole rings is 1. The van der Waals surface area contributed by atoms with Crippen LogP contribution in [0.1, 0.15) is 5.69 Å². The van der Waals surface area contributed by atoms with Crippen LogP contribution in [0, 0.1) is 6.92 Å². The van der Waals surface area contributed by atoms with Crippen LogP contribution in [0.15, 0.2) is 35.2 Å². The van der Waals surface area contributed by atoms with Gasteiger partial charge < -0.3 is 9.15 Å². The molecule has 2 aromatic heterocycles. The molecule has 0 aromatic carbocycles.